The molecule has 124 valence electrons. The molecule has 1 fully saturated rings. The minimum atomic E-state index is -0.135. The molecule has 23 heavy (non-hydrogen) atoms. The SMILES string of the molecule is CN(C)CC1=C(c2cc3cc(F)ccc3s2)C2CCC(C1)C2.Cl. The quantitative estimate of drug-likeness (QED) is 0.696. The normalized spacial score (nSPS) is 23.7. The Labute approximate surface area is 147 Å². The third-order valence-electron chi connectivity index (χ3n) is 5.12. The predicted octanol–water partition coefficient (Wildman–Crippen LogP) is 5.60. The fourth-order valence-electron chi connectivity index (χ4n) is 4.32. The van der Waals surface area contributed by atoms with Crippen LogP contribution in [0.15, 0.2) is 29.8 Å². The van der Waals surface area contributed by atoms with E-state index in [-0.39, 0.29) is 18.2 Å². The second-order valence-corrected chi connectivity index (χ2v) is 8.21. The summed E-state index contributed by atoms with van der Waals surface area (Å²) in [6, 6.07) is 7.38. The topological polar surface area (TPSA) is 3.24 Å². The van der Waals surface area contributed by atoms with Gasteiger partial charge in [-0.25, -0.2) is 4.39 Å². The van der Waals surface area contributed by atoms with Crippen molar-refractivity contribution in [2.45, 2.75) is 25.7 Å². The highest BCUT2D eigenvalue weighted by Gasteiger charge is 2.35. The average Bonchev–Trinajstić information content (AvgIpc) is 3.02. The van der Waals surface area contributed by atoms with E-state index in [9.17, 15) is 4.39 Å². The lowest BCUT2D eigenvalue weighted by molar-refractivity contribution is 0.413. The minimum Gasteiger partial charge on any atom is -0.305 e. The summed E-state index contributed by atoms with van der Waals surface area (Å²) >= 11 is 1.84. The largest absolute Gasteiger partial charge is 0.305 e. The molecule has 0 aliphatic heterocycles. The highest BCUT2D eigenvalue weighted by molar-refractivity contribution is 7.20. The van der Waals surface area contributed by atoms with E-state index in [1.54, 1.807) is 23.3 Å². The van der Waals surface area contributed by atoms with Crippen LogP contribution in [0.2, 0.25) is 0 Å². The molecule has 2 unspecified atom stereocenters. The van der Waals surface area contributed by atoms with E-state index in [0.717, 1.165) is 23.8 Å². The Balaban J connectivity index is 0.00000156. The van der Waals surface area contributed by atoms with Crippen LogP contribution in [0.4, 0.5) is 4.39 Å². The van der Waals surface area contributed by atoms with Gasteiger partial charge in [0.15, 0.2) is 0 Å². The number of hydrogen-bond acceptors (Lipinski definition) is 2. The third kappa shape index (κ3) is 3.19. The van der Waals surface area contributed by atoms with Gasteiger partial charge in [-0.2, -0.15) is 0 Å². The fraction of sp³-hybridized carbons (Fsp3) is 0.474. The predicted molar refractivity (Wildman–Crippen MR) is 100.0 cm³/mol. The van der Waals surface area contributed by atoms with Crippen molar-refractivity contribution >= 4 is 39.4 Å². The van der Waals surface area contributed by atoms with Crippen LogP contribution in [0.3, 0.4) is 0 Å². The molecule has 2 aliphatic rings. The Morgan fingerprint density at radius 1 is 1.22 bits per heavy atom. The van der Waals surface area contributed by atoms with Gasteiger partial charge in [0.25, 0.3) is 0 Å². The molecule has 4 rings (SSSR count). The Kier molecular flexibility index (Phi) is 4.82. The molecule has 2 bridgehead atoms. The molecule has 0 saturated heterocycles. The summed E-state index contributed by atoms with van der Waals surface area (Å²) in [7, 11) is 4.31. The van der Waals surface area contributed by atoms with Gasteiger partial charge in [0.1, 0.15) is 5.82 Å². The molecular weight excluding hydrogens is 329 g/mol. The minimum absolute atomic E-state index is 0. The van der Waals surface area contributed by atoms with E-state index in [0.29, 0.717) is 0 Å². The molecule has 2 aromatic rings. The molecule has 1 aromatic carbocycles. The summed E-state index contributed by atoms with van der Waals surface area (Å²) < 4.78 is 14.7. The van der Waals surface area contributed by atoms with Crippen LogP contribution in [0.5, 0.6) is 0 Å². The smallest absolute Gasteiger partial charge is 0.123 e. The maximum atomic E-state index is 13.5. The standard InChI is InChI=1S/C19H22FNS.ClH/c1-21(2)11-15-8-12-3-4-13(7-12)19(15)18-10-14-9-16(20)5-6-17(14)22-18;/h5-6,9-10,12-13H,3-4,7-8,11H2,1-2H3;1H. The molecule has 4 heteroatoms. The van der Waals surface area contributed by atoms with E-state index in [4.69, 9.17) is 0 Å². The van der Waals surface area contributed by atoms with Crippen molar-refractivity contribution < 1.29 is 4.39 Å². The van der Waals surface area contributed by atoms with Crippen molar-refractivity contribution in [2.75, 3.05) is 20.6 Å². The van der Waals surface area contributed by atoms with Crippen LogP contribution in [-0.2, 0) is 0 Å². The van der Waals surface area contributed by atoms with Gasteiger partial charge in [-0.15, -0.1) is 23.7 Å². The first-order valence-corrected chi connectivity index (χ1v) is 8.98. The second-order valence-electron chi connectivity index (χ2n) is 7.13. The summed E-state index contributed by atoms with van der Waals surface area (Å²) in [6.45, 7) is 1.06. The number of rotatable bonds is 3. The summed E-state index contributed by atoms with van der Waals surface area (Å²) in [5.74, 6) is 1.49. The number of nitrogens with zero attached hydrogens (tertiary/aromatic N) is 1. The Hall–Kier alpha value is -0.900. The third-order valence-corrected chi connectivity index (χ3v) is 6.27. The van der Waals surface area contributed by atoms with E-state index in [1.165, 1.54) is 35.3 Å². The zero-order chi connectivity index (χ0) is 15.3. The number of fused-ring (bicyclic) bond motifs is 3. The zero-order valence-electron chi connectivity index (χ0n) is 13.6. The van der Waals surface area contributed by atoms with E-state index in [2.05, 4.69) is 25.1 Å². The number of halogens is 2. The molecule has 1 nitrogen and oxygen atoms in total. The summed E-state index contributed by atoms with van der Waals surface area (Å²) in [6.07, 6.45) is 5.33. The zero-order valence-corrected chi connectivity index (χ0v) is 15.3. The summed E-state index contributed by atoms with van der Waals surface area (Å²) in [5.41, 5.74) is 3.21. The highest BCUT2D eigenvalue weighted by atomic mass is 35.5. The number of likely N-dealkylation sites (N-methyl/N-ethyl adjacent to an activating group) is 1. The number of benzene rings is 1. The van der Waals surface area contributed by atoms with Crippen molar-refractivity contribution in [3.8, 4) is 0 Å². The highest BCUT2D eigenvalue weighted by Crippen LogP contribution is 2.50. The van der Waals surface area contributed by atoms with Crippen LogP contribution >= 0.6 is 23.7 Å². The van der Waals surface area contributed by atoms with E-state index in [1.807, 2.05) is 17.4 Å². The van der Waals surface area contributed by atoms with Crippen molar-refractivity contribution in [2.24, 2.45) is 11.8 Å². The van der Waals surface area contributed by atoms with Gasteiger partial charge >= 0.3 is 0 Å². The first-order valence-electron chi connectivity index (χ1n) is 8.16. The molecule has 1 saturated carbocycles. The lowest BCUT2D eigenvalue weighted by atomic mass is 9.82. The van der Waals surface area contributed by atoms with Gasteiger partial charge in [-0.1, -0.05) is 5.57 Å². The van der Waals surface area contributed by atoms with Crippen molar-refractivity contribution in [3.63, 3.8) is 0 Å². The summed E-state index contributed by atoms with van der Waals surface area (Å²) in [4.78, 5) is 3.66. The van der Waals surface area contributed by atoms with Crippen molar-refractivity contribution in [1.82, 2.24) is 4.90 Å². The van der Waals surface area contributed by atoms with Gasteiger partial charge < -0.3 is 4.90 Å². The lowest BCUT2D eigenvalue weighted by Gasteiger charge is -2.28. The van der Waals surface area contributed by atoms with Gasteiger partial charge in [0.2, 0.25) is 0 Å². The second kappa shape index (κ2) is 6.54. The van der Waals surface area contributed by atoms with Crippen LogP contribution < -0.4 is 0 Å². The molecule has 1 heterocycles. The molecule has 0 radical (unpaired) electrons. The molecule has 2 atom stereocenters. The average molecular weight is 352 g/mol. The van der Waals surface area contributed by atoms with Crippen molar-refractivity contribution in [3.05, 3.63) is 40.5 Å². The fourth-order valence-corrected chi connectivity index (χ4v) is 5.54. The molecule has 0 spiro atoms. The number of allylic oxidation sites excluding steroid dienone is 1. The molecule has 0 amide bonds. The number of hydrogen-bond donors (Lipinski definition) is 0. The maximum Gasteiger partial charge on any atom is 0.123 e. The maximum absolute atomic E-state index is 13.5. The molecule has 2 aliphatic carbocycles. The Morgan fingerprint density at radius 2 is 2.04 bits per heavy atom. The first kappa shape index (κ1) is 16.9. The molecule has 1 aromatic heterocycles. The molecular formula is C19H23ClFNS. The van der Waals surface area contributed by atoms with Crippen molar-refractivity contribution in [1.29, 1.82) is 0 Å². The first-order chi connectivity index (χ1) is 10.6. The van der Waals surface area contributed by atoms with Crippen LogP contribution in [-0.4, -0.2) is 25.5 Å². The molecule has 0 N–H and O–H groups in total. The van der Waals surface area contributed by atoms with Crippen LogP contribution in [0, 0.1) is 17.7 Å². The van der Waals surface area contributed by atoms with Crippen LogP contribution in [0.1, 0.15) is 30.6 Å². The van der Waals surface area contributed by atoms with Crippen LogP contribution in [0.25, 0.3) is 15.7 Å². The summed E-state index contributed by atoms with van der Waals surface area (Å²) in [5, 5.41) is 1.05. The van der Waals surface area contributed by atoms with Gasteiger partial charge in [0.05, 0.1) is 0 Å². The monoisotopic (exact) mass is 351 g/mol. The van der Waals surface area contributed by atoms with Gasteiger partial charge in [-0.05, 0) is 86.8 Å². The Bertz CT molecular complexity index is 749. The lowest BCUT2D eigenvalue weighted by Crippen LogP contribution is -2.21. The Morgan fingerprint density at radius 3 is 2.83 bits per heavy atom. The van der Waals surface area contributed by atoms with E-state index >= 15 is 0 Å². The van der Waals surface area contributed by atoms with Gasteiger partial charge in [0, 0.05) is 16.1 Å². The van der Waals surface area contributed by atoms with Gasteiger partial charge in [-0.3, -0.25) is 0 Å². The van der Waals surface area contributed by atoms with E-state index < -0.39 is 0 Å². The number of thiophene rings is 1.